The molecule has 0 saturated heterocycles. The third-order valence-electron chi connectivity index (χ3n) is 4.24. The Morgan fingerprint density at radius 2 is 1.90 bits per heavy atom. The van der Waals surface area contributed by atoms with Crippen molar-refractivity contribution in [3.63, 3.8) is 0 Å². The van der Waals surface area contributed by atoms with Crippen molar-refractivity contribution < 1.29 is 9.47 Å². The minimum atomic E-state index is 0. The molecule has 0 fully saturated rings. The summed E-state index contributed by atoms with van der Waals surface area (Å²) in [5.74, 6) is 2.20. The number of nitrogens with zero attached hydrogens (tertiary/aromatic N) is 2. The van der Waals surface area contributed by atoms with Crippen molar-refractivity contribution in [3.05, 3.63) is 59.6 Å². The second kappa shape index (κ2) is 10.4. The number of hydrogen-bond donors (Lipinski definition) is 2. The molecule has 0 aliphatic carbocycles. The van der Waals surface area contributed by atoms with Crippen molar-refractivity contribution in [1.82, 2.24) is 10.3 Å². The fraction of sp³-hybridized carbons (Fsp3) is 0.238. The highest BCUT2D eigenvalue weighted by atomic mass is 127. The number of aliphatic imine (C=N–C) groups is 1. The fourth-order valence-electron chi connectivity index (χ4n) is 2.83. The van der Waals surface area contributed by atoms with Crippen molar-refractivity contribution in [2.45, 2.75) is 13.0 Å². The number of benzene rings is 2. The average molecular weight is 522 g/mol. The van der Waals surface area contributed by atoms with E-state index >= 15 is 0 Å². The molecule has 0 atom stereocenters. The summed E-state index contributed by atoms with van der Waals surface area (Å²) in [5, 5.41) is 9.67. The molecule has 0 spiro atoms. The Labute approximate surface area is 191 Å². The highest BCUT2D eigenvalue weighted by molar-refractivity contribution is 14.0. The standard InChI is InChI=1S/C21H22N4O2S.HI/c1-22-21(25-16-8-9-18-19(12-16)27-11-5-10-26-18)23-13-17-14-28-20(24-17)15-6-3-2-4-7-15;/h2-4,6-9,12,14H,5,10-11,13H2,1H3,(H2,22,23,25);1H. The molecule has 1 aliphatic rings. The number of hydrogen-bond acceptors (Lipinski definition) is 5. The molecule has 2 N–H and O–H groups in total. The molecule has 0 bridgehead atoms. The monoisotopic (exact) mass is 522 g/mol. The first-order valence-corrected chi connectivity index (χ1v) is 10.1. The molecule has 0 saturated carbocycles. The Morgan fingerprint density at radius 3 is 2.69 bits per heavy atom. The van der Waals surface area contributed by atoms with E-state index in [1.807, 2.05) is 36.4 Å². The maximum absolute atomic E-state index is 5.74. The third kappa shape index (κ3) is 5.60. The SMILES string of the molecule is CN=C(NCc1csc(-c2ccccc2)n1)Nc1ccc2c(c1)OCCCO2.I. The number of halogens is 1. The summed E-state index contributed by atoms with van der Waals surface area (Å²) in [6.45, 7) is 1.94. The first-order chi connectivity index (χ1) is 13.8. The van der Waals surface area contributed by atoms with Gasteiger partial charge in [0.1, 0.15) is 5.01 Å². The van der Waals surface area contributed by atoms with Crippen LogP contribution >= 0.6 is 35.3 Å². The van der Waals surface area contributed by atoms with Gasteiger partial charge in [-0.05, 0) is 12.1 Å². The van der Waals surface area contributed by atoms with Crippen molar-refractivity contribution in [2.24, 2.45) is 4.99 Å². The van der Waals surface area contributed by atoms with Gasteiger partial charge in [0.05, 0.1) is 25.5 Å². The number of fused-ring (bicyclic) bond motifs is 1. The van der Waals surface area contributed by atoms with Gasteiger partial charge in [0, 0.05) is 36.2 Å². The van der Waals surface area contributed by atoms with E-state index in [2.05, 4.69) is 33.1 Å². The number of thiazole rings is 1. The average Bonchev–Trinajstić information content (AvgIpc) is 3.09. The molecule has 1 aliphatic heterocycles. The Morgan fingerprint density at radius 1 is 1.10 bits per heavy atom. The number of ether oxygens (including phenoxy) is 2. The minimum Gasteiger partial charge on any atom is -0.490 e. The number of anilines is 1. The molecule has 4 rings (SSSR count). The lowest BCUT2D eigenvalue weighted by Gasteiger charge is -2.13. The van der Waals surface area contributed by atoms with Crippen molar-refractivity contribution in [2.75, 3.05) is 25.6 Å². The van der Waals surface area contributed by atoms with E-state index in [0.717, 1.165) is 39.9 Å². The summed E-state index contributed by atoms with van der Waals surface area (Å²) in [4.78, 5) is 8.99. The van der Waals surface area contributed by atoms with Crippen LogP contribution in [0.25, 0.3) is 10.6 Å². The van der Waals surface area contributed by atoms with Crippen LogP contribution in [0.1, 0.15) is 12.1 Å². The Bertz CT molecular complexity index is 962. The molecular formula is C21H23IN4O2S. The summed E-state index contributed by atoms with van der Waals surface area (Å²) >= 11 is 1.64. The van der Waals surface area contributed by atoms with Crippen molar-refractivity contribution in [3.8, 4) is 22.1 Å². The van der Waals surface area contributed by atoms with Gasteiger partial charge in [0.2, 0.25) is 0 Å². The second-order valence-corrected chi connectivity index (χ2v) is 7.13. The van der Waals surface area contributed by atoms with Gasteiger partial charge in [-0.1, -0.05) is 30.3 Å². The molecular weight excluding hydrogens is 499 g/mol. The van der Waals surface area contributed by atoms with Gasteiger partial charge >= 0.3 is 0 Å². The molecule has 0 unspecified atom stereocenters. The summed E-state index contributed by atoms with van der Waals surface area (Å²) in [7, 11) is 1.74. The molecule has 152 valence electrons. The molecule has 29 heavy (non-hydrogen) atoms. The lowest BCUT2D eigenvalue weighted by molar-refractivity contribution is 0.297. The zero-order chi connectivity index (χ0) is 19.2. The van der Waals surface area contributed by atoms with Crippen LogP contribution in [0, 0.1) is 0 Å². The summed E-state index contributed by atoms with van der Waals surface area (Å²) in [6.07, 6.45) is 0.888. The summed E-state index contributed by atoms with van der Waals surface area (Å²) in [6, 6.07) is 16.0. The predicted octanol–water partition coefficient (Wildman–Crippen LogP) is 4.78. The van der Waals surface area contributed by atoms with E-state index in [1.165, 1.54) is 0 Å². The lowest BCUT2D eigenvalue weighted by atomic mass is 10.2. The highest BCUT2D eigenvalue weighted by Crippen LogP contribution is 2.32. The van der Waals surface area contributed by atoms with Gasteiger partial charge in [-0.3, -0.25) is 4.99 Å². The number of rotatable bonds is 4. The molecule has 2 heterocycles. The van der Waals surface area contributed by atoms with E-state index in [1.54, 1.807) is 18.4 Å². The summed E-state index contributed by atoms with van der Waals surface area (Å²) < 4.78 is 11.4. The van der Waals surface area contributed by atoms with E-state index in [4.69, 9.17) is 14.5 Å². The maximum Gasteiger partial charge on any atom is 0.195 e. The lowest BCUT2D eigenvalue weighted by Crippen LogP contribution is -2.30. The van der Waals surface area contributed by atoms with Gasteiger partial charge in [-0.15, -0.1) is 35.3 Å². The smallest absolute Gasteiger partial charge is 0.195 e. The van der Waals surface area contributed by atoms with Crippen LogP contribution in [0.2, 0.25) is 0 Å². The molecule has 6 nitrogen and oxygen atoms in total. The number of guanidine groups is 1. The number of nitrogens with one attached hydrogen (secondary N) is 2. The molecule has 0 radical (unpaired) electrons. The van der Waals surface area contributed by atoms with Crippen LogP contribution in [0.3, 0.4) is 0 Å². The van der Waals surface area contributed by atoms with Crippen LogP contribution in [-0.2, 0) is 6.54 Å². The normalized spacial score (nSPS) is 13.2. The first kappa shape index (κ1) is 21.4. The van der Waals surface area contributed by atoms with Crippen LogP contribution in [0.5, 0.6) is 11.5 Å². The van der Waals surface area contributed by atoms with Gasteiger partial charge in [0.25, 0.3) is 0 Å². The van der Waals surface area contributed by atoms with E-state index in [-0.39, 0.29) is 24.0 Å². The van der Waals surface area contributed by atoms with E-state index in [9.17, 15) is 0 Å². The quantitative estimate of drug-likeness (QED) is 0.294. The topological polar surface area (TPSA) is 67.8 Å². The number of aromatic nitrogens is 1. The Balaban J connectivity index is 0.00000240. The van der Waals surface area contributed by atoms with Gasteiger partial charge in [0.15, 0.2) is 17.5 Å². The van der Waals surface area contributed by atoms with Gasteiger partial charge < -0.3 is 20.1 Å². The zero-order valence-electron chi connectivity index (χ0n) is 16.1. The largest absolute Gasteiger partial charge is 0.490 e. The third-order valence-corrected chi connectivity index (χ3v) is 5.18. The molecule has 8 heteroatoms. The maximum atomic E-state index is 5.74. The molecule has 3 aromatic rings. The predicted molar refractivity (Wildman–Crippen MR) is 129 cm³/mol. The van der Waals surface area contributed by atoms with Gasteiger partial charge in [-0.25, -0.2) is 4.98 Å². The van der Waals surface area contributed by atoms with E-state index in [0.29, 0.717) is 25.7 Å². The Hall–Kier alpha value is -2.33. The van der Waals surface area contributed by atoms with Crippen LogP contribution in [0.15, 0.2) is 58.9 Å². The van der Waals surface area contributed by atoms with E-state index < -0.39 is 0 Å². The summed E-state index contributed by atoms with van der Waals surface area (Å²) in [5.41, 5.74) is 3.00. The zero-order valence-corrected chi connectivity index (χ0v) is 19.2. The fourth-order valence-corrected chi connectivity index (χ4v) is 3.66. The second-order valence-electron chi connectivity index (χ2n) is 6.27. The van der Waals surface area contributed by atoms with Gasteiger partial charge in [-0.2, -0.15) is 0 Å². The van der Waals surface area contributed by atoms with Crippen LogP contribution < -0.4 is 20.1 Å². The Kier molecular flexibility index (Phi) is 7.70. The highest BCUT2D eigenvalue weighted by Gasteiger charge is 2.11. The molecule has 1 aromatic heterocycles. The van der Waals surface area contributed by atoms with Crippen molar-refractivity contribution >= 4 is 47.0 Å². The molecule has 0 amide bonds. The van der Waals surface area contributed by atoms with Crippen LogP contribution in [0.4, 0.5) is 5.69 Å². The molecule has 2 aromatic carbocycles. The first-order valence-electron chi connectivity index (χ1n) is 9.19. The van der Waals surface area contributed by atoms with Crippen LogP contribution in [-0.4, -0.2) is 31.2 Å². The van der Waals surface area contributed by atoms with Crippen molar-refractivity contribution in [1.29, 1.82) is 0 Å². The minimum absolute atomic E-state index is 0.